The molecule has 0 saturated carbocycles. The molecule has 2 N–H and O–H groups in total. The van der Waals surface area contributed by atoms with Crippen LogP contribution in [0.25, 0.3) is 0 Å². The summed E-state index contributed by atoms with van der Waals surface area (Å²) in [5.41, 5.74) is 0. The van der Waals surface area contributed by atoms with Crippen LogP contribution < -0.4 is 0 Å². The molecule has 15 heavy (non-hydrogen) atoms. The van der Waals surface area contributed by atoms with Gasteiger partial charge in [-0.25, -0.2) is 0 Å². The number of carbonyl (C=O) groups is 1. The molecule has 0 heterocycles. The number of esters is 1. The number of carbonyl (C=O) groups excluding carboxylic acids is 1. The van der Waals surface area contributed by atoms with Crippen LogP contribution in [0.15, 0.2) is 0 Å². The van der Waals surface area contributed by atoms with Gasteiger partial charge in [0.05, 0.1) is 19.8 Å². The van der Waals surface area contributed by atoms with Gasteiger partial charge >= 0.3 is 5.97 Å². The van der Waals surface area contributed by atoms with Gasteiger partial charge in [-0.2, -0.15) is 0 Å². The van der Waals surface area contributed by atoms with Gasteiger partial charge in [-0.05, 0) is 12.8 Å². The minimum Gasteiger partial charge on any atom is -0.465 e. The summed E-state index contributed by atoms with van der Waals surface area (Å²) in [4.78, 5) is 11.1. The van der Waals surface area contributed by atoms with Crippen molar-refractivity contribution >= 4 is 21.9 Å². The van der Waals surface area contributed by atoms with E-state index in [1.54, 1.807) is 0 Å². The summed E-state index contributed by atoms with van der Waals surface area (Å²) in [6, 6.07) is 0. The van der Waals surface area contributed by atoms with E-state index in [4.69, 9.17) is 14.9 Å². The van der Waals surface area contributed by atoms with Gasteiger partial charge in [0.15, 0.2) is 0 Å². The molecule has 0 spiro atoms. The van der Waals surface area contributed by atoms with Crippen molar-refractivity contribution in [3.63, 3.8) is 0 Å². The molecule has 0 fully saturated rings. The van der Waals surface area contributed by atoms with Gasteiger partial charge in [-0.1, -0.05) is 22.4 Å². The van der Waals surface area contributed by atoms with Crippen LogP contribution >= 0.6 is 15.9 Å². The summed E-state index contributed by atoms with van der Waals surface area (Å²) >= 11 is 3.31. The first-order valence-corrected chi connectivity index (χ1v) is 6.30. The van der Waals surface area contributed by atoms with Gasteiger partial charge in [0.2, 0.25) is 0 Å². The quantitative estimate of drug-likeness (QED) is 0.377. The van der Waals surface area contributed by atoms with Crippen molar-refractivity contribution in [2.45, 2.75) is 25.7 Å². The first-order valence-electron chi connectivity index (χ1n) is 5.17. The highest BCUT2D eigenvalue weighted by atomic mass is 79.9. The van der Waals surface area contributed by atoms with Gasteiger partial charge < -0.3 is 14.9 Å². The average molecular weight is 283 g/mol. The van der Waals surface area contributed by atoms with Crippen LogP contribution in [-0.2, 0) is 9.53 Å². The molecule has 0 aliphatic rings. The molecule has 0 aliphatic heterocycles. The van der Waals surface area contributed by atoms with Crippen LogP contribution in [0, 0.1) is 5.92 Å². The Bertz CT molecular complexity index is 160. The van der Waals surface area contributed by atoms with E-state index < -0.39 is 0 Å². The van der Waals surface area contributed by atoms with E-state index in [1.165, 1.54) is 0 Å². The highest BCUT2D eigenvalue weighted by Crippen LogP contribution is 2.04. The molecular formula is C10H19BrO4. The molecule has 0 saturated heterocycles. The minimum absolute atomic E-state index is 0.101. The number of alkyl halides is 1. The molecule has 90 valence electrons. The SMILES string of the molecule is O=C(CCCCCBr)OCC(CO)CO. The zero-order valence-electron chi connectivity index (χ0n) is 8.82. The summed E-state index contributed by atoms with van der Waals surface area (Å²) in [7, 11) is 0. The third-order valence-electron chi connectivity index (χ3n) is 2.01. The molecule has 4 nitrogen and oxygen atoms in total. The molecule has 0 aromatic heterocycles. The summed E-state index contributed by atoms with van der Waals surface area (Å²) in [5.74, 6) is -0.604. The van der Waals surface area contributed by atoms with Crippen molar-refractivity contribution in [1.82, 2.24) is 0 Å². The fraction of sp³-hybridized carbons (Fsp3) is 0.900. The second-order valence-corrected chi connectivity index (χ2v) is 4.21. The predicted molar refractivity (Wildman–Crippen MR) is 60.9 cm³/mol. The van der Waals surface area contributed by atoms with E-state index in [0.717, 1.165) is 24.6 Å². The number of aliphatic hydroxyl groups excluding tert-OH is 2. The first-order chi connectivity index (χ1) is 7.24. The predicted octanol–water partition coefficient (Wildman–Crippen LogP) is 1.09. The molecule has 0 rings (SSSR count). The Morgan fingerprint density at radius 1 is 1.20 bits per heavy atom. The van der Waals surface area contributed by atoms with E-state index >= 15 is 0 Å². The van der Waals surface area contributed by atoms with Gasteiger partial charge in [0.1, 0.15) is 0 Å². The Hall–Kier alpha value is -0.130. The number of aliphatic hydroxyl groups is 2. The lowest BCUT2D eigenvalue weighted by Crippen LogP contribution is -2.20. The molecule has 0 bridgehead atoms. The highest BCUT2D eigenvalue weighted by molar-refractivity contribution is 9.09. The van der Waals surface area contributed by atoms with Crippen molar-refractivity contribution in [3.8, 4) is 0 Å². The monoisotopic (exact) mass is 282 g/mol. The van der Waals surface area contributed by atoms with E-state index in [-0.39, 0.29) is 31.7 Å². The van der Waals surface area contributed by atoms with Crippen LogP contribution in [0.4, 0.5) is 0 Å². The molecule has 0 aromatic rings. The Morgan fingerprint density at radius 2 is 1.87 bits per heavy atom. The number of hydrogen-bond donors (Lipinski definition) is 2. The second kappa shape index (κ2) is 10.4. The topological polar surface area (TPSA) is 66.8 Å². The standard InChI is InChI=1S/C10H19BrO4/c11-5-3-1-2-4-10(14)15-8-9(6-12)7-13/h9,12-13H,1-8H2. The third-order valence-corrected chi connectivity index (χ3v) is 2.57. The van der Waals surface area contributed by atoms with Crippen molar-refractivity contribution in [2.24, 2.45) is 5.92 Å². The molecule has 0 radical (unpaired) electrons. The highest BCUT2D eigenvalue weighted by Gasteiger charge is 2.09. The van der Waals surface area contributed by atoms with E-state index in [2.05, 4.69) is 15.9 Å². The Labute approximate surface area is 98.8 Å². The van der Waals surface area contributed by atoms with Crippen molar-refractivity contribution in [1.29, 1.82) is 0 Å². The van der Waals surface area contributed by atoms with Gasteiger partial charge in [-0.15, -0.1) is 0 Å². The fourth-order valence-corrected chi connectivity index (χ4v) is 1.38. The second-order valence-electron chi connectivity index (χ2n) is 3.41. The van der Waals surface area contributed by atoms with Crippen LogP contribution in [-0.4, -0.2) is 41.3 Å². The van der Waals surface area contributed by atoms with Crippen LogP contribution in [0.3, 0.4) is 0 Å². The van der Waals surface area contributed by atoms with Crippen molar-refractivity contribution in [3.05, 3.63) is 0 Å². The molecule has 0 aromatic carbocycles. The number of hydrogen-bond acceptors (Lipinski definition) is 4. The lowest BCUT2D eigenvalue weighted by Gasteiger charge is -2.11. The number of halogens is 1. The maximum Gasteiger partial charge on any atom is 0.305 e. The van der Waals surface area contributed by atoms with Gasteiger partial charge in [0, 0.05) is 17.7 Å². The summed E-state index contributed by atoms with van der Waals surface area (Å²) in [6.45, 7) is -0.217. The van der Waals surface area contributed by atoms with Crippen LogP contribution in [0.1, 0.15) is 25.7 Å². The molecule has 0 amide bonds. The zero-order valence-corrected chi connectivity index (χ0v) is 10.4. The largest absolute Gasteiger partial charge is 0.465 e. The maximum atomic E-state index is 11.1. The molecule has 0 atom stereocenters. The maximum absolute atomic E-state index is 11.1. The van der Waals surface area contributed by atoms with Gasteiger partial charge in [-0.3, -0.25) is 4.79 Å². The Kier molecular flexibility index (Phi) is 10.3. The zero-order chi connectivity index (χ0) is 11.5. The molecule has 0 aliphatic carbocycles. The summed E-state index contributed by atoms with van der Waals surface area (Å²) in [5, 5.41) is 18.4. The third kappa shape index (κ3) is 8.84. The summed E-state index contributed by atoms with van der Waals surface area (Å²) < 4.78 is 4.90. The van der Waals surface area contributed by atoms with Crippen LogP contribution in [0.5, 0.6) is 0 Å². The number of ether oxygens (including phenoxy) is 1. The summed E-state index contributed by atoms with van der Waals surface area (Å²) in [6.07, 6.45) is 3.30. The van der Waals surface area contributed by atoms with Crippen molar-refractivity contribution in [2.75, 3.05) is 25.2 Å². The van der Waals surface area contributed by atoms with Crippen LogP contribution in [0.2, 0.25) is 0 Å². The number of rotatable bonds is 9. The Balaban J connectivity index is 3.40. The Morgan fingerprint density at radius 3 is 2.40 bits per heavy atom. The normalized spacial score (nSPS) is 10.7. The lowest BCUT2D eigenvalue weighted by atomic mass is 10.2. The first kappa shape index (κ1) is 14.9. The van der Waals surface area contributed by atoms with Gasteiger partial charge in [0.25, 0.3) is 0 Å². The van der Waals surface area contributed by atoms with Crippen molar-refractivity contribution < 1.29 is 19.7 Å². The molecular weight excluding hydrogens is 264 g/mol. The number of unbranched alkanes of at least 4 members (excludes halogenated alkanes) is 2. The van der Waals surface area contributed by atoms with E-state index in [9.17, 15) is 4.79 Å². The van der Waals surface area contributed by atoms with E-state index in [0.29, 0.717) is 6.42 Å². The smallest absolute Gasteiger partial charge is 0.305 e. The minimum atomic E-state index is -0.350. The average Bonchev–Trinajstić information content (AvgIpc) is 2.26. The lowest BCUT2D eigenvalue weighted by molar-refractivity contribution is -0.146. The van der Waals surface area contributed by atoms with E-state index in [1.807, 2.05) is 0 Å². The fourth-order valence-electron chi connectivity index (χ4n) is 0.987. The molecule has 0 unspecified atom stereocenters. The molecule has 5 heteroatoms.